The molecule has 722 valence electrons. The van der Waals surface area contributed by atoms with Crippen molar-refractivity contribution in [1.82, 2.24) is 39.7 Å². The summed E-state index contributed by atoms with van der Waals surface area (Å²) in [4.78, 5) is 15.4. The molecule has 7 aromatic carbocycles. The number of allylic oxidation sites excluding steroid dienone is 2. The second-order valence-electron chi connectivity index (χ2n) is 46.3. The van der Waals surface area contributed by atoms with Gasteiger partial charge in [0.1, 0.15) is 12.1 Å². The standard InChI is InChI=1S/C14H22O.C14H18.C13H19FO.C13H21N3.C13H18N2.C13H20O.C12H16N4.C11H19F3.C11H15F/c1-12(14(2,3)4)10-15-11-13-8-6-5-7-9-13;1-14(2,3)10-12-9-8-11-6-4-5-7-13(11)12;1-13(2,3)8-7-10-5-6-12(15-4)11(14)9-10;1-13(2,3)11-6-4-9-16(10-11)12-14-7-5-8-15-12;1-10(13(2,3)4)15-9-14-11-7-5-6-8-12(11)15;1-11(13(2,3)4)14-10-12-8-6-5-7-9-12;1-12(2,3)8-10-4-6-11(7-5-10)16-9-13-14-15-16;1-10(2,3)8-5-4-6-9(7-8)11(12,13)14;1-11(2,3)8-9-4-6-10(12)7-5-9/h5-9,12H,10-11H2,1-4H3;4-7,9H,8,10H2,1-3H3;5-6,9H,7-8H2,1-4H3;5,7-8,11H,4,6,9-10H2,1-3H3;5-10H,1-4H3;5-9,11H,10H2,1-4H3;4-7,9H,8H2,1-3H3;8-9H,4-7H2,1-3H3;4-7H,8H2,1-3H3. The molecule has 0 radical (unpaired) electrons. The Hall–Kier alpha value is -8.93. The van der Waals surface area contributed by atoms with Crippen LogP contribution in [0.4, 0.5) is 27.9 Å². The number of hydrogen-bond acceptors (Lipinski definition) is 10. The molecule has 131 heavy (non-hydrogen) atoms. The molecule has 3 aliphatic rings. The number of methoxy groups -OCH3 is 1. The first-order valence-corrected chi connectivity index (χ1v) is 47.7. The molecule has 0 bridgehead atoms. The minimum atomic E-state index is -3.98. The van der Waals surface area contributed by atoms with Crippen LogP contribution in [0.1, 0.15) is 304 Å². The number of nitrogens with zero attached hydrogens (tertiary/aromatic N) is 9. The Labute approximate surface area is 789 Å². The Morgan fingerprint density at radius 2 is 1.00 bits per heavy atom. The van der Waals surface area contributed by atoms with E-state index in [1.165, 1.54) is 83.0 Å². The van der Waals surface area contributed by atoms with Crippen LogP contribution < -0.4 is 9.64 Å². The number of tetrazole rings is 1. The van der Waals surface area contributed by atoms with Crippen LogP contribution in [0.15, 0.2) is 213 Å². The van der Waals surface area contributed by atoms with E-state index < -0.39 is 12.1 Å². The highest BCUT2D eigenvalue weighted by Crippen LogP contribution is 2.46. The van der Waals surface area contributed by atoms with Gasteiger partial charge in [0, 0.05) is 31.5 Å². The molecule has 1 saturated carbocycles. The first kappa shape index (κ1) is 113. The smallest absolute Gasteiger partial charge is 0.391 e. The van der Waals surface area contributed by atoms with Crippen LogP contribution in [0.25, 0.3) is 22.3 Å². The molecule has 6 atom stereocenters. The first-order valence-electron chi connectivity index (χ1n) is 47.7. The monoisotopic (exact) mass is 1810 g/mol. The van der Waals surface area contributed by atoms with Gasteiger partial charge in [-0.15, -0.1) is 5.10 Å². The van der Waals surface area contributed by atoms with E-state index in [0.717, 1.165) is 99.9 Å². The van der Waals surface area contributed by atoms with Gasteiger partial charge in [-0.1, -0.05) is 334 Å². The first-order chi connectivity index (χ1) is 60.8. The summed E-state index contributed by atoms with van der Waals surface area (Å²) >= 11 is 0. The van der Waals surface area contributed by atoms with E-state index in [1.807, 2.05) is 118 Å². The van der Waals surface area contributed by atoms with Crippen molar-refractivity contribution in [2.75, 3.05) is 31.7 Å². The minimum Gasteiger partial charge on any atom is -0.494 e. The largest absolute Gasteiger partial charge is 0.494 e. The number of aromatic nitrogens is 8. The van der Waals surface area contributed by atoms with E-state index in [9.17, 15) is 22.0 Å². The fourth-order valence-corrected chi connectivity index (χ4v) is 14.9. The number of aryl methyl sites for hydroxylation is 1. The van der Waals surface area contributed by atoms with Gasteiger partial charge in [0.05, 0.1) is 62.0 Å². The summed E-state index contributed by atoms with van der Waals surface area (Å²) in [6.45, 7) is 71.0. The zero-order valence-electron chi connectivity index (χ0n) is 86.3. The van der Waals surface area contributed by atoms with E-state index in [1.54, 1.807) is 23.1 Å². The molecule has 0 amide bonds. The molecule has 17 heteroatoms. The number of fused-ring (bicyclic) bond motifs is 2. The number of piperidine rings is 1. The Bertz CT molecular complexity index is 4810. The highest BCUT2D eigenvalue weighted by atomic mass is 19.4. The van der Waals surface area contributed by atoms with E-state index in [-0.39, 0.29) is 50.7 Å². The van der Waals surface area contributed by atoms with Crippen LogP contribution in [0.2, 0.25) is 0 Å². The number of para-hydroxylation sites is 2. The second-order valence-corrected chi connectivity index (χ2v) is 46.3. The zero-order valence-corrected chi connectivity index (χ0v) is 86.3. The van der Waals surface area contributed by atoms with Gasteiger partial charge in [-0.2, -0.15) is 13.2 Å². The number of imidazole rings is 1. The van der Waals surface area contributed by atoms with Crippen molar-refractivity contribution in [1.29, 1.82) is 0 Å². The fraction of sp³-hybridized carbons (Fsp3) is 0.561. The van der Waals surface area contributed by atoms with Crippen molar-refractivity contribution in [3.8, 4) is 11.4 Å². The normalized spacial score (nSPS) is 16.1. The SMILES string of the molecule is CC(C)(C)C1CCCC(C(F)(F)F)C1.CC(C)(C)C1CCCN(c2ncccn2)C1.CC(C)(C)CC1=CCc2ccccc21.CC(C)(C)Cc1ccc(-n2cnnn2)cc1.CC(C)(C)Cc1ccc(F)cc1.CC(COCc1ccccc1)C(C)(C)C.CC(OCc1ccccc1)C(C)(C)C.CC(n1cnc2ccccc21)C(C)(C)C.COc1ccc(CCC(C)(C)C)cc1F. The van der Waals surface area contributed by atoms with Crippen LogP contribution in [0, 0.1) is 84.0 Å². The molecule has 13 rings (SSSR count). The van der Waals surface area contributed by atoms with Crippen molar-refractivity contribution >= 4 is 22.6 Å². The average Bonchev–Trinajstić information content (AvgIpc) is 1.69. The van der Waals surface area contributed by atoms with Crippen molar-refractivity contribution in [3.63, 3.8) is 0 Å². The van der Waals surface area contributed by atoms with Crippen LogP contribution in [0.5, 0.6) is 5.75 Å². The quantitative estimate of drug-likeness (QED) is 0.0865. The number of benzene rings is 7. The Kier molecular flexibility index (Phi) is 44.3. The number of halogens is 5. The lowest BCUT2D eigenvalue weighted by Gasteiger charge is -2.39. The fourth-order valence-electron chi connectivity index (χ4n) is 14.9. The van der Waals surface area contributed by atoms with Crippen LogP contribution in [-0.4, -0.2) is 78.8 Å². The summed E-state index contributed by atoms with van der Waals surface area (Å²) in [5.74, 6) is 1.26. The summed E-state index contributed by atoms with van der Waals surface area (Å²) < 4.78 is 83.7. The van der Waals surface area contributed by atoms with Crippen molar-refractivity contribution in [2.24, 2.45) is 72.4 Å². The summed E-state index contributed by atoms with van der Waals surface area (Å²) in [6.07, 6.45) is 17.1. The van der Waals surface area contributed by atoms with E-state index >= 15 is 0 Å². The molecule has 12 nitrogen and oxygen atoms in total. The number of ether oxygens (including phenoxy) is 3. The Morgan fingerprint density at radius 3 is 1.50 bits per heavy atom. The zero-order chi connectivity index (χ0) is 98.0. The van der Waals surface area contributed by atoms with E-state index in [2.05, 4.69) is 312 Å². The lowest BCUT2D eigenvalue weighted by Crippen LogP contribution is -2.41. The van der Waals surface area contributed by atoms with Gasteiger partial charge in [0.25, 0.3) is 0 Å². The third-order valence-electron chi connectivity index (χ3n) is 24.5. The minimum absolute atomic E-state index is 0.0178. The van der Waals surface area contributed by atoms with Gasteiger partial charge in [-0.05, 0) is 261 Å². The van der Waals surface area contributed by atoms with Gasteiger partial charge < -0.3 is 23.7 Å². The molecule has 2 fully saturated rings. The molecule has 1 aliphatic heterocycles. The summed E-state index contributed by atoms with van der Waals surface area (Å²) in [5, 5.41) is 11.1. The van der Waals surface area contributed by atoms with Gasteiger partial charge in [-0.3, -0.25) is 0 Å². The topological polar surface area (TPSA) is 118 Å². The molecular weight excluding hydrogens is 1640 g/mol. The highest BCUT2D eigenvalue weighted by molar-refractivity contribution is 5.75. The molecule has 4 heterocycles. The molecule has 0 N–H and O–H groups in total. The van der Waals surface area contributed by atoms with Crippen molar-refractivity contribution < 1.29 is 36.2 Å². The molecular formula is C114H168F5N9O3. The summed E-state index contributed by atoms with van der Waals surface area (Å²) in [6, 6.07) is 60.2. The lowest BCUT2D eigenvalue weighted by molar-refractivity contribution is -0.188. The average molecular weight is 1810 g/mol. The number of anilines is 1. The van der Waals surface area contributed by atoms with Crippen LogP contribution in [0.3, 0.4) is 0 Å². The predicted octanol–water partition coefficient (Wildman–Crippen LogP) is 31.8. The lowest BCUT2D eigenvalue weighted by atomic mass is 9.69. The number of hydrogen-bond donors (Lipinski definition) is 0. The van der Waals surface area contributed by atoms with Gasteiger partial charge in [-0.25, -0.2) is 28.4 Å². The van der Waals surface area contributed by atoms with Crippen LogP contribution in [-0.2, 0) is 48.4 Å². The molecule has 6 unspecified atom stereocenters. The third kappa shape index (κ3) is 44.2. The molecule has 3 aromatic heterocycles. The molecule has 1 saturated heterocycles. The second kappa shape index (κ2) is 51.5. The van der Waals surface area contributed by atoms with Crippen LogP contribution >= 0.6 is 0 Å². The number of rotatable bonds is 16. The Morgan fingerprint density at radius 1 is 0.481 bits per heavy atom. The van der Waals surface area contributed by atoms with Gasteiger partial charge >= 0.3 is 6.18 Å². The number of alkyl halides is 3. The summed E-state index contributed by atoms with van der Waals surface area (Å²) in [7, 11) is 1.48. The van der Waals surface area contributed by atoms with Gasteiger partial charge in [0.15, 0.2) is 11.6 Å². The predicted molar refractivity (Wildman–Crippen MR) is 541 cm³/mol. The molecule has 2 aliphatic carbocycles. The van der Waals surface area contributed by atoms with Gasteiger partial charge in [0.2, 0.25) is 5.95 Å². The van der Waals surface area contributed by atoms with Crippen molar-refractivity contribution in [3.05, 3.63) is 264 Å². The van der Waals surface area contributed by atoms with E-state index in [0.29, 0.717) is 58.8 Å². The Balaban J connectivity index is 0.000000261. The van der Waals surface area contributed by atoms with E-state index in [4.69, 9.17) is 14.2 Å². The maximum atomic E-state index is 13.3. The summed E-state index contributed by atoms with van der Waals surface area (Å²) in [5.41, 5.74) is 16.3. The molecule has 0 spiro atoms. The highest BCUT2D eigenvalue weighted by Gasteiger charge is 2.44. The third-order valence-corrected chi connectivity index (χ3v) is 24.5. The maximum Gasteiger partial charge on any atom is 0.391 e. The molecule has 10 aromatic rings. The van der Waals surface area contributed by atoms with Crippen molar-refractivity contribution in [2.45, 2.75) is 316 Å². The maximum absolute atomic E-state index is 13.3.